The van der Waals surface area contributed by atoms with E-state index in [2.05, 4.69) is 5.32 Å². The van der Waals surface area contributed by atoms with Crippen molar-refractivity contribution in [1.82, 2.24) is 5.32 Å². The van der Waals surface area contributed by atoms with Gasteiger partial charge in [0.25, 0.3) is 5.91 Å². The fourth-order valence-electron chi connectivity index (χ4n) is 4.53. The van der Waals surface area contributed by atoms with E-state index in [0.29, 0.717) is 33.0 Å². The van der Waals surface area contributed by atoms with E-state index >= 15 is 0 Å². The molecule has 0 aromatic heterocycles. The van der Waals surface area contributed by atoms with Crippen LogP contribution in [0, 0.1) is 5.41 Å². The van der Waals surface area contributed by atoms with Crippen LogP contribution in [0.4, 0.5) is 0 Å². The van der Waals surface area contributed by atoms with Crippen LogP contribution in [-0.4, -0.2) is 30.4 Å². The molecule has 5 nitrogen and oxygen atoms in total. The zero-order valence-electron chi connectivity index (χ0n) is 16.1. The molecule has 0 radical (unpaired) electrons. The van der Waals surface area contributed by atoms with Crippen molar-refractivity contribution in [2.75, 3.05) is 13.2 Å². The van der Waals surface area contributed by atoms with E-state index in [1.54, 1.807) is 42.5 Å². The topological polar surface area (TPSA) is 64.6 Å². The highest BCUT2D eigenvalue weighted by Crippen LogP contribution is 2.68. The molecule has 1 N–H and O–H groups in total. The van der Waals surface area contributed by atoms with Crippen LogP contribution in [0.25, 0.3) is 0 Å². The van der Waals surface area contributed by atoms with Crippen LogP contribution in [0.2, 0.25) is 15.1 Å². The van der Waals surface area contributed by atoms with Gasteiger partial charge < -0.3 is 14.8 Å². The zero-order chi connectivity index (χ0) is 21.4. The number of carbonyl (C=O) groups is 2. The lowest BCUT2D eigenvalue weighted by molar-refractivity contribution is -0.173. The molecule has 5 rings (SSSR count). The van der Waals surface area contributed by atoms with Gasteiger partial charge in [-0.1, -0.05) is 34.8 Å². The molecule has 3 aliphatic carbocycles. The summed E-state index contributed by atoms with van der Waals surface area (Å²) in [6.45, 7) is -0.0548. The quantitative estimate of drug-likeness (QED) is 0.556. The van der Waals surface area contributed by atoms with Gasteiger partial charge in [-0.15, -0.1) is 0 Å². The maximum Gasteiger partial charge on any atom is 0.258 e. The minimum atomic E-state index is -0.189. The van der Waals surface area contributed by atoms with Crippen molar-refractivity contribution >= 4 is 46.5 Å². The molecule has 0 saturated heterocycles. The summed E-state index contributed by atoms with van der Waals surface area (Å²) in [7, 11) is 0. The van der Waals surface area contributed by atoms with E-state index in [0.717, 1.165) is 19.3 Å². The molecule has 0 spiro atoms. The largest absolute Gasteiger partial charge is 0.486 e. The molecule has 8 heteroatoms. The molecule has 2 aromatic carbocycles. The Balaban J connectivity index is 1.17. The van der Waals surface area contributed by atoms with E-state index in [-0.39, 0.29) is 35.9 Å². The van der Waals surface area contributed by atoms with Crippen molar-refractivity contribution in [2.24, 2.45) is 5.41 Å². The summed E-state index contributed by atoms with van der Waals surface area (Å²) in [5.74, 6) is 0.982. The molecule has 1 amide bonds. The SMILES string of the molecule is O=C(COc1ccc(Cl)c(Cl)c1)CC12CC(NC(=O)COc3ccc(Cl)cc3)(C1)C2. The monoisotopic (exact) mass is 467 g/mol. The Morgan fingerprint density at radius 1 is 0.867 bits per heavy atom. The van der Waals surface area contributed by atoms with Gasteiger partial charge in [-0.25, -0.2) is 0 Å². The first-order chi connectivity index (χ1) is 14.3. The van der Waals surface area contributed by atoms with Crippen LogP contribution in [0.3, 0.4) is 0 Å². The molecule has 2 bridgehead atoms. The fourth-order valence-corrected chi connectivity index (χ4v) is 4.94. The minimum Gasteiger partial charge on any atom is -0.486 e. The van der Waals surface area contributed by atoms with Gasteiger partial charge in [-0.05, 0) is 61.1 Å². The van der Waals surface area contributed by atoms with Crippen molar-refractivity contribution in [3.05, 3.63) is 57.5 Å². The summed E-state index contributed by atoms with van der Waals surface area (Å²) in [6, 6.07) is 11.8. The number of benzene rings is 2. The number of ether oxygens (including phenoxy) is 2. The average Bonchev–Trinajstić information content (AvgIpc) is 2.66. The van der Waals surface area contributed by atoms with Gasteiger partial charge in [-0.3, -0.25) is 9.59 Å². The number of hydrogen-bond donors (Lipinski definition) is 1. The first-order valence-corrected chi connectivity index (χ1v) is 10.7. The molecule has 3 aliphatic rings. The maximum atomic E-state index is 12.3. The number of hydrogen-bond acceptors (Lipinski definition) is 4. The normalized spacial score (nSPS) is 23.7. The average molecular weight is 469 g/mol. The highest BCUT2D eigenvalue weighted by atomic mass is 35.5. The minimum absolute atomic E-state index is 0.00595. The molecular weight excluding hydrogens is 449 g/mol. The van der Waals surface area contributed by atoms with Gasteiger partial charge in [0.1, 0.15) is 18.1 Å². The number of ketones is 1. The van der Waals surface area contributed by atoms with Gasteiger partial charge in [0.15, 0.2) is 12.4 Å². The second kappa shape index (κ2) is 8.29. The van der Waals surface area contributed by atoms with Gasteiger partial charge in [0, 0.05) is 23.0 Å². The number of rotatable bonds is 9. The van der Waals surface area contributed by atoms with Gasteiger partial charge in [0.05, 0.1) is 10.0 Å². The van der Waals surface area contributed by atoms with Crippen LogP contribution in [0.5, 0.6) is 11.5 Å². The Hall–Kier alpha value is -1.95. The number of halogens is 3. The smallest absolute Gasteiger partial charge is 0.258 e. The Labute approximate surface area is 189 Å². The maximum absolute atomic E-state index is 12.3. The molecular formula is C22H20Cl3NO4. The second-order valence-electron chi connectivity index (χ2n) is 8.18. The number of Topliss-reactive ketones (excluding diaryl/α,β-unsaturated/α-hetero) is 1. The summed E-state index contributed by atoms with van der Waals surface area (Å²) in [4.78, 5) is 24.5. The predicted octanol–water partition coefficient (Wildman–Crippen LogP) is 5.10. The lowest BCUT2D eigenvalue weighted by Gasteiger charge is -2.70. The molecule has 3 fully saturated rings. The van der Waals surface area contributed by atoms with Crippen molar-refractivity contribution in [3.8, 4) is 11.5 Å². The molecule has 0 aliphatic heterocycles. The standard InChI is InChI=1S/C22H20Cl3NO4/c23-14-1-3-16(4-2-14)30-10-20(28)26-22-11-21(12-22,13-22)8-15(27)9-29-17-5-6-18(24)19(25)7-17/h1-7H,8-13H2,(H,26,28). The Morgan fingerprint density at radius 2 is 1.50 bits per heavy atom. The molecule has 0 unspecified atom stereocenters. The van der Waals surface area contributed by atoms with Gasteiger partial charge in [0.2, 0.25) is 0 Å². The summed E-state index contributed by atoms with van der Waals surface area (Å²) < 4.78 is 11.0. The third kappa shape index (κ3) is 4.69. The van der Waals surface area contributed by atoms with E-state index in [9.17, 15) is 9.59 Å². The Morgan fingerprint density at radius 3 is 2.17 bits per heavy atom. The first-order valence-electron chi connectivity index (χ1n) is 9.56. The van der Waals surface area contributed by atoms with E-state index in [4.69, 9.17) is 44.3 Å². The van der Waals surface area contributed by atoms with Crippen LogP contribution < -0.4 is 14.8 Å². The summed E-state index contributed by atoms with van der Waals surface area (Å²) in [5.41, 5.74) is -0.201. The molecule has 158 valence electrons. The van der Waals surface area contributed by atoms with E-state index < -0.39 is 0 Å². The molecule has 0 atom stereocenters. The van der Waals surface area contributed by atoms with Crippen LogP contribution in [0.15, 0.2) is 42.5 Å². The molecule has 3 saturated carbocycles. The lowest BCUT2D eigenvalue weighted by atomic mass is 9.38. The van der Waals surface area contributed by atoms with E-state index in [1.807, 2.05) is 0 Å². The Kier molecular flexibility index (Phi) is 5.88. The van der Waals surface area contributed by atoms with Crippen molar-refractivity contribution in [3.63, 3.8) is 0 Å². The van der Waals surface area contributed by atoms with Gasteiger partial charge in [-0.2, -0.15) is 0 Å². The first kappa shape index (κ1) is 21.3. The third-order valence-corrected chi connectivity index (χ3v) is 6.58. The van der Waals surface area contributed by atoms with Crippen LogP contribution in [-0.2, 0) is 9.59 Å². The van der Waals surface area contributed by atoms with Gasteiger partial charge >= 0.3 is 0 Å². The summed E-state index contributed by atoms with van der Waals surface area (Å²) >= 11 is 17.6. The summed E-state index contributed by atoms with van der Waals surface area (Å²) in [5, 5.41) is 4.49. The van der Waals surface area contributed by atoms with Crippen molar-refractivity contribution < 1.29 is 19.1 Å². The zero-order valence-corrected chi connectivity index (χ0v) is 18.3. The highest BCUT2D eigenvalue weighted by Gasteiger charge is 2.68. The number of amides is 1. The number of nitrogens with one attached hydrogen (secondary N) is 1. The van der Waals surface area contributed by atoms with Crippen LogP contribution >= 0.6 is 34.8 Å². The van der Waals surface area contributed by atoms with E-state index in [1.165, 1.54) is 0 Å². The third-order valence-electron chi connectivity index (χ3n) is 5.59. The Bertz CT molecular complexity index is 957. The molecule has 2 aromatic rings. The second-order valence-corrected chi connectivity index (χ2v) is 9.43. The van der Waals surface area contributed by atoms with Crippen molar-refractivity contribution in [2.45, 2.75) is 31.2 Å². The molecule has 0 heterocycles. The lowest BCUT2D eigenvalue weighted by Crippen LogP contribution is -2.75. The number of carbonyl (C=O) groups excluding carboxylic acids is 2. The van der Waals surface area contributed by atoms with Crippen LogP contribution in [0.1, 0.15) is 25.7 Å². The van der Waals surface area contributed by atoms with Crippen molar-refractivity contribution in [1.29, 1.82) is 0 Å². The predicted molar refractivity (Wildman–Crippen MR) is 116 cm³/mol. The highest BCUT2D eigenvalue weighted by molar-refractivity contribution is 6.42. The molecule has 30 heavy (non-hydrogen) atoms. The summed E-state index contributed by atoms with van der Waals surface area (Å²) in [6.07, 6.45) is 2.88. The fraction of sp³-hybridized carbons (Fsp3) is 0.364.